The average molecular weight is 376 g/mol. The van der Waals surface area contributed by atoms with Crippen molar-refractivity contribution < 1.29 is 9.90 Å². The van der Waals surface area contributed by atoms with Gasteiger partial charge in [0.1, 0.15) is 0 Å². The van der Waals surface area contributed by atoms with Crippen LogP contribution in [0.4, 0.5) is 5.69 Å². The lowest BCUT2D eigenvalue weighted by atomic mass is 9.81. The van der Waals surface area contributed by atoms with Crippen LogP contribution in [0.5, 0.6) is 0 Å². The quantitative estimate of drug-likeness (QED) is 0.587. The number of anilines is 1. The molecule has 1 heterocycles. The third-order valence-corrected chi connectivity index (χ3v) is 6.08. The minimum atomic E-state index is -0.370. The molecule has 0 aliphatic carbocycles. The van der Waals surface area contributed by atoms with Crippen LogP contribution in [0.3, 0.4) is 0 Å². The number of carbonyl (C=O) groups is 1. The van der Waals surface area contributed by atoms with Gasteiger partial charge in [0.05, 0.1) is 11.3 Å². The van der Waals surface area contributed by atoms with E-state index in [0.29, 0.717) is 23.9 Å². The van der Waals surface area contributed by atoms with Crippen LogP contribution in [0.25, 0.3) is 0 Å². The van der Waals surface area contributed by atoms with Gasteiger partial charge in [-0.15, -0.1) is 0 Å². The van der Waals surface area contributed by atoms with Crippen LogP contribution in [0, 0.1) is 11.3 Å². The number of aliphatic hydroxyl groups is 1. The van der Waals surface area contributed by atoms with Gasteiger partial charge in [-0.3, -0.25) is 4.79 Å². The molecule has 1 aliphatic heterocycles. The molecule has 5 heteroatoms. The number of primary amides is 1. The lowest BCUT2D eigenvalue weighted by molar-refractivity contribution is 0.100. The second-order valence-corrected chi connectivity index (χ2v) is 8.96. The maximum Gasteiger partial charge on any atom is 0.250 e. The van der Waals surface area contributed by atoms with E-state index in [1.807, 2.05) is 6.07 Å². The van der Waals surface area contributed by atoms with E-state index < -0.39 is 0 Å². The van der Waals surface area contributed by atoms with E-state index in [1.165, 1.54) is 5.56 Å². The first-order valence-electron chi connectivity index (χ1n) is 10.2. The smallest absolute Gasteiger partial charge is 0.250 e. The van der Waals surface area contributed by atoms with E-state index in [4.69, 9.17) is 10.8 Å². The number of aliphatic hydroxyl groups excluding tert-OH is 1. The second kappa shape index (κ2) is 9.07. The molecule has 1 aromatic rings. The normalized spacial score (nSPS) is 15.3. The van der Waals surface area contributed by atoms with Crippen LogP contribution in [0.2, 0.25) is 0 Å². The van der Waals surface area contributed by atoms with Gasteiger partial charge in [-0.2, -0.15) is 0 Å². The summed E-state index contributed by atoms with van der Waals surface area (Å²) in [5.41, 5.74) is 9.90. The van der Waals surface area contributed by atoms with Crippen molar-refractivity contribution in [2.24, 2.45) is 17.1 Å². The van der Waals surface area contributed by atoms with E-state index in [1.54, 1.807) is 0 Å². The summed E-state index contributed by atoms with van der Waals surface area (Å²) >= 11 is 0. The minimum absolute atomic E-state index is 0.158. The molecular weight excluding hydrogens is 338 g/mol. The van der Waals surface area contributed by atoms with Crippen LogP contribution in [-0.4, -0.2) is 43.3 Å². The Bertz CT molecular complexity index is 655. The molecule has 27 heavy (non-hydrogen) atoms. The van der Waals surface area contributed by atoms with Crippen molar-refractivity contribution in [1.29, 1.82) is 0 Å². The predicted molar refractivity (Wildman–Crippen MR) is 112 cm³/mol. The molecule has 0 saturated heterocycles. The number of fused-ring (bicyclic) bond motifs is 1. The SMILES string of the molecule is CC(Cc1cc2c(c(C(N)=O)c1)N(CCCO)CC2)NCC(C)(C)C(C)C. The Hall–Kier alpha value is -1.59. The number of hydrogen-bond acceptors (Lipinski definition) is 4. The van der Waals surface area contributed by atoms with Crippen LogP contribution in [0.15, 0.2) is 12.1 Å². The zero-order chi connectivity index (χ0) is 20.2. The van der Waals surface area contributed by atoms with Crippen molar-refractivity contribution in [3.05, 3.63) is 28.8 Å². The van der Waals surface area contributed by atoms with Gasteiger partial charge in [0, 0.05) is 32.3 Å². The highest BCUT2D eigenvalue weighted by Gasteiger charge is 2.26. The van der Waals surface area contributed by atoms with Gasteiger partial charge in [-0.1, -0.05) is 33.8 Å². The molecule has 4 N–H and O–H groups in total. The number of benzene rings is 1. The third kappa shape index (κ3) is 5.45. The number of amides is 1. The minimum Gasteiger partial charge on any atom is -0.396 e. The summed E-state index contributed by atoms with van der Waals surface area (Å²) in [7, 11) is 0. The maximum absolute atomic E-state index is 12.1. The van der Waals surface area contributed by atoms with Gasteiger partial charge in [-0.25, -0.2) is 0 Å². The Morgan fingerprint density at radius 3 is 2.63 bits per heavy atom. The van der Waals surface area contributed by atoms with Gasteiger partial charge in [0.25, 0.3) is 5.91 Å². The molecule has 0 aromatic heterocycles. The lowest BCUT2D eigenvalue weighted by Crippen LogP contribution is -2.39. The maximum atomic E-state index is 12.1. The molecule has 5 nitrogen and oxygen atoms in total. The second-order valence-electron chi connectivity index (χ2n) is 8.96. The van der Waals surface area contributed by atoms with Crippen molar-refractivity contribution >= 4 is 11.6 Å². The fraction of sp³-hybridized carbons (Fsp3) is 0.682. The highest BCUT2D eigenvalue weighted by molar-refractivity contribution is 6.00. The largest absolute Gasteiger partial charge is 0.396 e. The first kappa shape index (κ1) is 21.7. The standard InChI is InChI=1S/C22H37N3O2/c1-15(2)22(4,5)14-24-16(3)11-17-12-18-7-9-25(8-6-10-26)20(18)19(13-17)21(23)27/h12-13,15-16,24,26H,6-11,14H2,1-5H3,(H2,23,27). The number of rotatable bonds is 10. The van der Waals surface area contributed by atoms with Crippen LogP contribution >= 0.6 is 0 Å². The van der Waals surface area contributed by atoms with Gasteiger partial charge < -0.3 is 21.1 Å². The number of nitrogens with one attached hydrogen (secondary N) is 1. The molecular formula is C22H37N3O2. The van der Waals surface area contributed by atoms with Crippen molar-refractivity contribution in [2.45, 2.75) is 59.9 Å². The molecule has 0 bridgehead atoms. The molecule has 1 amide bonds. The molecule has 2 rings (SSSR count). The van der Waals surface area contributed by atoms with E-state index in [-0.39, 0.29) is 17.9 Å². The molecule has 0 saturated carbocycles. The summed E-state index contributed by atoms with van der Waals surface area (Å²) in [4.78, 5) is 14.3. The Labute approximate surface area is 164 Å². The third-order valence-electron chi connectivity index (χ3n) is 6.08. The molecule has 152 valence electrons. The van der Waals surface area contributed by atoms with Crippen molar-refractivity contribution in [2.75, 3.05) is 31.1 Å². The van der Waals surface area contributed by atoms with E-state index >= 15 is 0 Å². The molecule has 0 spiro atoms. The molecule has 1 aromatic carbocycles. The molecule has 1 unspecified atom stereocenters. The van der Waals surface area contributed by atoms with Crippen LogP contribution in [-0.2, 0) is 12.8 Å². The predicted octanol–water partition coefficient (Wildman–Crippen LogP) is 2.73. The monoisotopic (exact) mass is 375 g/mol. The summed E-state index contributed by atoms with van der Waals surface area (Å²) < 4.78 is 0. The summed E-state index contributed by atoms with van der Waals surface area (Å²) in [6.45, 7) is 14.1. The first-order valence-corrected chi connectivity index (χ1v) is 10.2. The Balaban J connectivity index is 2.13. The van der Waals surface area contributed by atoms with Crippen molar-refractivity contribution in [3.63, 3.8) is 0 Å². The zero-order valence-electron chi connectivity index (χ0n) is 17.6. The highest BCUT2D eigenvalue weighted by atomic mass is 16.3. The lowest BCUT2D eigenvalue weighted by Gasteiger charge is -2.31. The zero-order valence-corrected chi connectivity index (χ0v) is 17.6. The number of carbonyl (C=O) groups excluding carboxylic acids is 1. The molecule has 1 atom stereocenters. The average Bonchev–Trinajstić information content (AvgIpc) is 3.00. The Morgan fingerprint density at radius 1 is 1.33 bits per heavy atom. The van der Waals surface area contributed by atoms with Gasteiger partial charge >= 0.3 is 0 Å². The molecule has 0 radical (unpaired) electrons. The van der Waals surface area contributed by atoms with Gasteiger partial charge in [0.15, 0.2) is 0 Å². The van der Waals surface area contributed by atoms with E-state index in [0.717, 1.165) is 43.7 Å². The Morgan fingerprint density at radius 2 is 2.04 bits per heavy atom. The van der Waals surface area contributed by atoms with Crippen molar-refractivity contribution in [3.8, 4) is 0 Å². The van der Waals surface area contributed by atoms with Crippen molar-refractivity contribution in [1.82, 2.24) is 5.32 Å². The Kier molecular flexibility index (Phi) is 7.29. The number of hydrogen-bond donors (Lipinski definition) is 3. The van der Waals surface area contributed by atoms with E-state index in [2.05, 4.69) is 50.9 Å². The van der Waals surface area contributed by atoms with Crippen LogP contribution in [0.1, 0.15) is 62.5 Å². The highest BCUT2D eigenvalue weighted by Crippen LogP contribution is 2.33. The first-order chi connectivity index (χ1) is 12.7. The molecule has 0 fully saturated rings. The summed E-state index contributed by atoms with van der Waals surface area (Å²) in [6, 6.07) is 4.52. The fourth-order valence-corrected chi connectivity index (χ4v) is 3.55. The van der Waals surface area contributed by atoms with Gasteiger partial charge in [0.2, 0.25) is 0 Å². The fourth-order valence-electron chi connectivity index (χ4n) is 3.55. The number of nitrogens with zero attached hydrogens (tertiary/aromatic N) is 1. The van der Waals surface area contributed by atoms with E-state index in [9.17, 15) is 4.79 Å². The molecule has 1 aliphatic rings. The summed E-state index contributed by atoms with van der Waals surface area (Å²) in [5.74, 6) is 0.245. The summed E-state index contributed by atoms with van der Waals surface area (Å²) in [6.07, 6.45) is 2.50. The topological polar surface area (TPSA) is 78.6 Å². The van der Waals surface area contributed by atoms with Crippen LogP contribution < -0.4 is 16.0 Å². The number of nitrogens with two attached hydrogens (primary N) is 1. The van der Waals surface area contributed by atoms with Gasteiger partial charge in [-0.05, 0) is 54.7 Å². The summed E-state index contributed by atoms with van der Waals surface area (Å²) in [5, 5.41) is 12.8.